The van der Waals surface area contributed by atoms with Gasteiger partial charge in [-0.3, -0.25) is 4.79 Å². The lowest BCUT2D eigenvalue weighted by molar-refractivity contribution is -0.357. The first-order valence-corrected chi connectivity index (χ1v) is 37.4. The number of phenols is 4. The number of aliphatic hydroxyl groups is 20. The fourth-order valence-electron chi connectivity index (χ4n) is 13.4. The zero-order valence-corrected chi connectivity index (χ0v) is 63.2. The van der Waals surface area contributed by atoms with E-state index in [-0.39, 0.29) is 56.6 Å². The molecule has 4 aromatic rings. The van der Waals surface area contributed by atoms with Crippen LogP contribution in [0.4, 0.5) is 0 Å². The summed E-state index contributed by atoms with van der Waals surface area (Å²) in [5.41, 5.74) is -0.502. The Kier molecular flexibility index (Phi) is 29.7. The van der Waals surface area contributed by atoms with Crippen molar-refractivity contribution in [2.24, 2.45) is 0 Å². The van der Waals surface area contributed by atoms with Gasteiger partial charge in [-0.1, -0.05) is 18.2 Å². The normalized spacial score (nSPS) is 34.4. The topological polar surface area (TPSA) is 710 Å². The third-order valence-corrected chi connectivity index (χ3v) is 20.3. The maximum absolute atomic E-state index is 13.6. The molecule has 664 valence electrons. The number of phenolic OH excluding ortho intramolecular Hbond substituents is 4. The Balaban J connectivity index is 0.735. The number of benzene rings is 5. The lowest BCUT2D eigenvalue weighted by atomic mass is 9.97. The van der Waals surface area contributed by atoms with Gasteiger partial charge >= 0.3 is 17.9 Å². The van der Waals surface area contributed by atoms with Crippen molar-refractivity contribution in [2.45, 2.75) is 184 Å². The predicted molar refractivity (Wildman–Crippen MR) is 398 cm³/mol. The van der Waals surface area contributed by atoms with Gasteiger partial charge in [-0.05, 0) is 102 Å². The third kappa shape index (κ3) is 20.8. The van der Waals surface area contributed by atoms with Crippen LogP contribution in [0.2, 0.25) is 0 Å². The van der Waals surface area contributed by atoms with Crippen LogP contribution in [-0.4, -0.2) is 369 Å². The summed E-state index contributed by atoms with van der Waals surface area (Å²) in [7, 11) is 0. The van der Waals surface area contributed by atoms with Crippen molar-refractivity contribution in [3.05, 3.63) is 142 Å². The van der Waals surface area contributed by atoms with Crippen molar-refractivity contribution in [1.29, 1.82) is 0 Å². The highest BCUT2D eigenvalue weighted by atomic mass is 16.8. The largest absolute Gasteiger partial charge is 0.510 e. The second-order valence-corrected chi connectivity index (χ2v) is 28.7. The Morgan fingerprint density at radius 3 is 1.20 bits per heavy atom. The molecule has 0 bridgehead atoms. The van der Waals surface area contributed by atoms with Crippen molar-refractivity contribution in [1.82, 2.24) is 0 Å². The van der Waals surface area contributed by atoms with Crippen LogP contribution in [0.15, 0.2) is 125 Å². The van der Waals surface area contributed by atoms with Crippen molar-refractivity contribution < 1.29 is 212 Å². The predicted octanol–water partition coefficient (Wildman–Crippen LogP) is -7.28. The smallest absolute Gasteiger partial charge is 0.508 e. The van der Waals surface area contributed by atoms with Crippen LogP contribution in [0.3, 0.4) is 0 Å². The molecule has 4 aromatic carbocycles. The zero-order chi connectivity index (χ0) is 88.0. The lowest BCUT2D eigenvalue weighted by Crippen LogP contribution is -2.65. The summed E-state index contributed by atoms with van der Waals surface area (Å²) in [6.07, 6.45) is -50.4. The first-order valence-electron chi connectivity index (χ1n) is 37.4. The van der Waals surface area contributed by atoms with Gasteiger partial charge in [0.15, 0.2) is 63.8 Å². The Morgan fingerprint density at radius 2 is 0.730 bits per heavy atom. The molecule has 0 unspecified atom stereocenters. The molecule has 6 fully saturated rings. The quantitative estimate of drug-likeness (QED) is 0.00939. The van der Waals surface area contributed by atoms with E-state index in [4.69, 9.17) is 75.5 Å². The summed E-state index contributed by atoms with van der Waals surface area (Å²) in [4.78, 5) is 50.8. The number of esters is 3. The van der Waals surface area contributed by atoms with Gasteiger partial charge in [-0.25, -0.2) is 9.59 Å². The molecule has 122 heavy (non-hydrogen) atoms. The SMILES string of the molecule is O=C(C=Cc1ccc(O)c(O[C@@H]2O[C@H](CO)[C@@H](O)[C@H](O)[C@H]2O)c1)OC[C@H]1O[C@@H](Oc2ccc(/C=C/C(=O)OC[C@H]3O[C@@H](Oc4cc5c(O[C@@H]6O[C@H](CO)[C@@H](O)[C@H](O)[C@H]6O)cc(=O)cc-5oc4-c4ccc(O)cc4)[C@H](O[C@@H]4O[C@H](COC(=[OH+])C=Cc5ccc(O)c(O[C@@H]6O[C@H](CO)[C@@H](O)[C@H](O)[C@H]6O)c5)[C@@H](O)[C@H](O)[C@H]4O)[C@@H](O)[C@@H]3O)cc2O)[C@H](O)[C@@H](O)[C@@H]1O. The first-order chi connectivity index (χ1) is 58.1. The second-order valence-electron chi connectivity index (χ2n) is 28.7. The molecule has 0 saturated carbocycles. The van der Waals surface area contributed by atoms with E-state index in [1.807, 2.05) is 0 Å². The number of carbonyl (C=O) groups is 2. The van der Waals surface area contributed by atoms with Gasteiger partial charge in [0.1, 0.15) is 171 Å². The fraction of sp³-hybridized carbons (Fsp3) is 0.462. The summed E-state index contributed by atoms with van der Waals surface area (Å²) in [5, 5.41) is 256. The molecular formula is C78H89O44+. The van der Waals surface area contributed by atoms with E-state index in [9.17, 15) is 142 Å². The third-order valence-electron chi connectivity index (χ3n) is 20.3. The van der Waals surface area contributed by atoms with E-state index < -0.39 is 282 Å². The maximum atomic E-state index is 13.6. The molecule has 1 aliphatic carbocycles. The molecule has 8 aliphatic rings. The number of aromatic hydroxyl groups is 4. The molecule has 25 N–H and O–H groups in total. The van der Waals surface area contributed by atoms with Crippen molar-refractivity contribution in [2.75, 3.05) is 39.6 Å². The van der Waals surface area contributed by atoms with Crippen molar-refractivity contribution in [3.63, 3.8) is 0 Å². The maximum Gasteiger partial charge on any atom is 0.510 e. The fourth-order valence-corrected chi connectivity index (χ4v) is 13.4. The number of hydrogen-bond acceptors (Lipinski definition) is 43. The number of rotatable bonds is 28. The monoisotopic (exact) mass is 1730 g/mol. The highest BCUT2D eigenvalue weighted by Gasteiger charge is 2.55. The lowest BCUT2D eigenvalue weighted by Gasteiger charge is -2.45. The number of ether oxygens (including phenoxy) is 15. The van der Waals surface area contributed by atoms with Crippen molar-refractivity contribution >= 4 is 36.1 Å². The Morgan fingerprint density at radius 1 is 0.352 bits per heavy atom. The standard InChI is InChI=1S/C78H88O44/c79-23-45-54(90)60(96)66(102)74(116-45)112-41-21-34(83)20-40-35(41)22-44(71(110-40)32-7-9-33(82)10-8-32)115-78-72(122-77-70(106)64(100)58(94)49(120-77)27-108-53(89)16-6-31-2-12-37(85)43(19-31)114-76-68(104)62(98)56(92)47(25-81)118-76)65(101)59(95)50(121-78)28-109-51(87)14-4-29-3-13-39(38(86)17-29)111-73-69(105)63(99)57(93)48(119-73)26-107-52(88)15-5-30-1-11-36(84)42(18-30)113-75-67(103)61(97)55(91)46(24-80)117-75/h1-22,45-50,54-70,72-82,84-86,90-106H,23-28H2/p+1/b14-4+,15-5?,16-6?/t45-,46-,47-,48-,49-,50-,54-,55-,56-,57-,58-,59-,60+,61+,62+,63+,64+,65+,66-,67-,68-,69-,70-,72-,73-,74-,75-,76-,77+,78-/m1/s1. The van der Waals surface area contributed by atoms with Crippen LogP contribution >= 0.6 is 0 Å². The van der Waals surface area contributed by atoms with Gasteiger partial charge in [-0.2, -0.15) is 0 Å². The molecule has 30 atom stereocenters. The van der Waals surface area contributed by atoms with E-state index in [1.165, 1.54) is 66.7 Å². The number of hydrogen-bond donors (Lipinski definition) is 24. The summed E-state index contributed by atoms with van der Waals surface area (Å²) in [6.45, 7) is -5.03. The summed E-state index contributed by atoms with van der Waals surface area (Å²) < 4.78 is 91.6. The summed E-state index contributed by atoms with van der Waals surface area (Å²) in [6, 6.07) is 18.8. The minimum Gasteiger partial charge on any atom is -0.508 e. The van der Waals surface area contributed by atoms with Crippen LogP contribution in [0.25, 0.3) is 40.9 Å². The van der Waals surface area contributed by atoms with Crippen LogP contribution < -0.4 is 29.1 Å². The molecule has 0 aromatic heterocycles. The van der Waals surface area contributed by atoms with E-state index in [0.717, 1.165) is 66.8 Å². The molecule has 44 heteroatoms. The molecule has 0 spiro atoms. The Hall–Kier alpha value is -9.94. The number of carbonyl (C=O) groups excluding carboxylic acids is 3. The van der Waals surface area contributed by atoms with Crippen LogP contribution in [-0.2, 0) is 57.0 Å². The van der Waals surface area contributed by atoms with E-state index >= 15 is 0 Å². The first kappa shape index (κ1) is 91.3. The molecule has 12 rings (SSSR count). The second kappa shape index (κ2) is 39.7. The van der Waals surface area contributed by atoms with Gasteiger partial charge in [0.05, 0.1) is 31.5 Å². The van der Waals surface area contributed by atoms with Gasteiger partial charge in [0, 0.05) is 29.8 Å². The van der Waals surface area contributed by atoms with Gasteiger partial charge in [0.2, 0.25) is 38.1 Å². The Labute approximate surface area is 686 Å². The van der Waals surface area contributed by atoms with E-state index in [0.29, 0.717) is 0 Å². The molecule has 7 heterocycles. The molecule has 6 saturated heterocycles. The highest BCUT2D eigenvalue weighted by molar-refractivity contribution is 5.89. The van der Waals surface area contributed by atoms with Crippen LogP contribution in [0.1, 0.15) is 16.7 Å². The van der Waals surface area contributed by atoms with Gasteiger partial charge in [-0.15, -0.1) is 0 Å². The van der Waals surface area contributed by atoms with Crippen LogP contribution in [0.5, 0.6) is 51.7 Å². The summed E-state index contributed by atoms with van der Waals surface area (Å²) >= 11 is 0. The summed E-state index contributed by atoms with van der Waals surface area (Å²) in [5.74, 6) is -7.65. The number of aliphatic hydroxyl groups excluding tert-OH is 20. The average Bonchev–Trinajstić information content (AvgIpc) is 0.764. The van der Waals surface area contributed by atoms with Gasteiger partial charge in [0.25, 0.3) is 0 Å². The van der Waals surface area contributed by atoms with Crippen molar-refractivity contribution in [3.8, 4) is 74.4 Å². The van der Waals surface area contributed by atoms with E-state index in [2.05, 4.69) is 0 Å². The van der Waals surface area contributed by atoms with E-state index in [1.54, 1.807) is 0 Å². The highest BCUT2D eigenvalue weighted by Crippen LogP contribution is 2.45. The Bertz CT molecular complexity index is 4670. The zero-order valence-electron chi connectivity index (χ0n) is 63.2. The number of fused-ring (bicyclic) bond motifs is 1. The molecule has 7 aliphatic heterocycles. The average molecular weight is 1730 g/mol. The molecular weight excluding hydrogens is 1640 g/mol. The molecule has 0 amide bonds. The minimum atomic E-state index is -2.30. The van der Waals surface area contributed by atoms with Crippen LogP contribution in [0, 0.1) is 0 Å². The minimum absolute atomic E-state index is 0.0591. The molecule has 0 radical (unpaired) electrons. The molecule has 44 nitrogen and oxygen atoms in total. The van der Waals surface area contributed by atoms with Gasteiger partial charge < -0.3 is 203 Å².